The number of benzene rings is 2. The van der Waals surface area contributed by atoms with Crippen molar-refractivity contribution >= 4 is 25.8 Å². The van der Waals surface area contributed by atoms with Gasteiger partial charge in [0.1, 0.15) is 0 Å². The standard InChI is InChI=1S/C19H17BrNO2S/c20-18-8-6-16(7-9-18)14-21-12-10-17(11-13-21)15-24(22,23)19-4-2-1-3-5-19/h1-13H,14-15H2/q+1. The minimum Gasteiger partial charge on any atom is -0.223 e. The number of sulfone groups is 1. The van der Waals surface area contributed by atoms with Crippen LogP contribution in [0.1, 0.15) is 11.1 Å². The lowest BCUT2D eigenvalue weighted by Crippen LogP contribution is -2.33. The third-order valence-electron chi connectivity index (χ3n) is 3.70. The van der Waals surface area contributed by atoms with Gasteiger partial charge in [-0.2, -0.15) is 0 Å². The molecule has 0 saturated heterocycles. The van der Waals surface area contributed by atoms with Crippen molar-refractivity contribution in [3.05, 3.63) is 94.7 Å². The van der Waals surface area contributed by atoms with Crippen molar-refractivity contribution in [3.8, 4) is 0 Å². The van der Waals surface area contributed by atoms with Crippen LogP contribution in [0.2, 0.25) is 0 Å². The summed E-state index contributed by atoms with van der Waals surface area (Å²) in [5.41, 5.74) is 1.97. The Morgan fingerprint density at radius 1 is 0.792 bits per heavy atom. The fourth-order valence-corrected chi connectivity index (χ4v) is 4.06. The van der Waals surface area contributed by atoms with E-state index >= 15 is 0 Å². The topological polar surface area (TPSA) is 38.0 Å². The first-order chi connectivity index (χ1) is 11.5. The second-order valence-corrected chi connectivity index (χ2v) is 8.48. The van der Waals surface area contributed by atoms with Gasteiger partial charge in [0.15, 0.2) is 28.8 Å². The maximum atomic E-state index is 12.4. The molecule has 1 aromatic heterocycles. The highest BCUT2D eigenvalue weighted by Crippen LogP contribution is 2.15. The predicted octanol–water partition coefficient (Wildman–Crippen LogP) is 3.76. The molecule has 0 N–H and O–H groups in total. The fraction of sp³-hybridized carbons (Fsp3) is 0.105. The first-order valence-corrected chi connectivity index (χ1v) is 9.98. The van der Waals surface area contributed by atoms with Gasteiger partial charge in [0, 0.05) is 22.2 Å². The van der Waals surface area contributed by atoms with Crippen molar-refractivity contribution in [2.75, 3.05) is 0 Å². The number of hydrogen-bond donors (Lipinski definition) is 0. The Labute approximate surface area is 150 Å². The molecule has 2 aromatic carbocycles. The number of hydrogen-bond acceptors (Lipinski definition) is 2. The van der Waals surface area contributed by atoms with E-state index in [0.29, 0.717) is 4.90 Å². The van der Waals surface area contributed by atoms with Gasteiger partial charge in [-0.05, 0) is 29.8 Å². The molecule has 3 aromatic rings. The minimum absolute atomic E-state index is 0.0101. The van der Waals surface area contributed by atoms with Gasteiger partial charge in [0.05, 0.1) is 10.6 Å². The van der Waals surface area contributed by atoms with E-state index in [2.05, 4.69) is 28.1 Å². The normalized spacial score (nSPS) is 11.4. The Hall–Kier alpha value is -1.98. The predicted molar refractivity (Wildman–Crippen MR) is 97.2 cm³/mol. The van der Waals surface area contributed by atoms with Crippen LogP contribution < -0.4 is 4.57 Å². The van der Waals surface area contributed by atoms with Crippen molar-refractivity contribution in [2.45, 2.75) is 17.2 Å². The molecule has 0 amide bonds. The lowest BCUT2D eigenvalue weighted by Gasteiger charge is -2.04. The average Bonchev–Trinajstić information content (AvgIpc) is 2.59. The Morgan fingerprint density at radius 3 is 2.04 bits per heavy atom. The van der Waals surface area contributed by atoms with Crippen LogP contribution in [0.25, 0.3) is 0 Å². The molecule has 0 unspecified atom stereocenters. The Kier molecular flexibility index (Phi) is 5.11. The SMILES string of the molecule is O=S(=O)(Cc1cc[n+](Cc2ccc(Br)cc2)cc1)c1ccccc1. The Morgan fingerprint density at radius 2 is 1.42 bits per heavy atom. The Bertz CT molecular complexity index is 906. The van der Waals surface area contributed by atoms with Gasteiger partial charge in [-0.3, -0.25) is 0 Å². The van der Waals surface area contributed by atoms with E-state index in [9.17, 15) is 8.42 Å². The largest absolute Gasteiger partial charge is 0.223 e. The van der Waals surface area contributed by atoms with Crippen LogP contribution in [0.4, 0.5) is 0 Å². The van der Waals surface area contributed by atoms with Crippen LogP contribution in [0, 0.1) is 0 Å². The molecule has 122 valence electrons. The van der Waals surface area contributed by atoms with E-state index in [0.717, 1.165) is 16.6 Å². The molecule has 0 fully saturated rings. The molecule has 3 rings (SSSR count). The summed E-state index contributed by atoms with van der Waals surface area (Å²) < 4.78 is 27.9. The monoisotopic (exact) mass is 402 g/mol. The van der Waals surface area contributed by atoms with Crippen LogP contribution in [-0.2, 0) is 22.1 Å². The van der Waals surface area contributed by atoms with Crippen LogP contribution in [0.3, 0.4) is 0 Å². The van der Waals surface area contributed by atoms with Crippen molar-refractivity contribution in [2.24, 2.45) is 0 Å². The lowest BCUT2D eigenvalue weighted by atomic mass is 10.2. The second kappa shape index (κ2) is 7.28. The molecule has 5 heteroatoms. The second-order valence-electron chi connectivity index (χ2n) is 5.58. The fourth-order valence-electron chi connectivity index (χ4n) is 2.42. The molecule has 3 nitrogen and oxygen atoms in total. The van der Waals surface area contributed by atoms with Crippen LogP contribution in [0.15, 0.2) is 88.5 Å². The maximum Gasteiger partial charge on any atom is 0.182 e. The number of rotatable bonds is 5. The number of halogens is 1. The van der Waals surface area contributed by atoms with Crippen molar-refractivity contribution in [1.29, 1.82) is 0 Å². The molecular formula is C19H17BrNO2S+. The summed E-state index contributed by atoms with van der Waals surface area (Å²) in [6.45, 7) is 0.749. The Balaban J connectivity index is 1.72. The van der Waals surface area contributed by atoms with Gasteiger partial charge in [0.2, 0.25) is 0 Å². The third-order valence-corrected chi connectivity index (χ3v) is 5.93. The molecule has 0 aliphatic rings. The molecule has 1 heterocycles. The number of nitrogens with zero attached hydrogens (tertiary/aromatic N) is 1. The summed E-state index contributed by atoms with van der Waals surface area (Å²) in [5, 5.41) is 0. The highest BCUT2D eigenvalue weighted by atomic mass is 79.9. The summed E-state index contributed by atoms with van der Waals surface area (Å²) in [4.78, 5) is 0.358. The molecule has 0 radical (unpaired) electrons. The average molecular weight is 403 g/mol. The zero-order chi connectivity index (χ0) is 17.0. The van der Waals surface area contributed by atoms with Crippen molar-refractivity contribution < 1.29 is 13.0 Å². The molecule has 0 aliphatic heterocycles. The van der Waals surface area contributed by atoms with E-state index in [1.165, 1.54) is 5.56 Å². The van der Waals surface area contributed by atoms with Gasteiger partial charge in [-0.15, -0.1) is 0 Å². The summed E-state index contributed by atoms with van der Waals surface area (Å²) in [5.74, 6) is 0.0101. The quantitative estimate of drug-likeness (QED) is 0.609. The highest BCUT2D eigenvalue weighted by molar-refractivity contribution is 9.10. The van der Waals surface area contributed by atoms with Crippen LogP contribution in [0.5, 0.6) is 0 Å². The summed E-state index contributed by atoms with van der Waals surface area (Å²) in [6.07, 6.45) is 3.83. The van der Waals surface area contributed by atoms with Gasteiger partial charge in [-0.25, -0.2) is 13.0 Å². The first-order valence-electron chi connectivity index (χ1n) is 7.53. The lowest BCUT2D eigenvalue weighted by molar-refractivity contribution is -0.688. The molecule has 0 spiro atoms. The third kappa shape index (κ3) is 4.30. The van der Waals surface area contributed by atoms with Crippen molar-refractivity contribution in [3.63, 3.8) is 0 Å². The van der Waals surface area contributed by atoms with E-state index in [1.54, 1.807) is 24.3 Å². The van der Waals surface area contributed by atoms with E-state index in [4.69, 9.17) is 0 Å². The van der Waals surface area contributed by atoms with Crippen LogP contribution >= 0.6 is 15.9 Å². The first kappa shape index (κ1) is 16.9. The van der Waals surface area contributed by atoms with E-state index in [-0.39, 0.29) is 5.75 Å². The number of aromatic nitrogens is 1. The van der Waals surface area contributed by atoms with Gasteiger partial charge >= 0.3 is 0 Å². The summed E-state index contributed by atoms with van der Waals surface area (Å²) in [6, 6.07) is 20.4. The maximum absolute atomic E-state index is 12.4. The van der Waals surface area contributed by atoms with Crippen LogP contribution in [-0.4, -0.2) is 8.42 Å². The van der Waals surface area contributed by atoms with E-state index in [1.807, 2.05) is 47.3 Å². The molecule has 0 saturated carbocycles. The zero-order valence-corrected chi connectivity index (χ0v) is 15.4. The smallest absolute Gasteiger partial charge is 0.182 e. The summed E-state index contributed by atoms with van der Waals surface area (Å²) >= 11 is 3.42. The molecule has 0 atom stereocenters. The number of pyridine rings is 1. The molecule has 0 aliphatic carbocycles. The minimum atomic E-state index is -3.30. The van der Waals surface area contributed by atoms with Gasteiger partial charge in [0.25, 0.3) is 0 Å². The van der Waals surface area contributed by atoms with Gasteiger partial charge < -0.3 is 0 Å². The molecule has 24 heavy (non-hydrogen) atoms. The van der Waals surface area contributed by atoms with E-state index < -0.39 is 9.84 Å². The molecular weight excluding hydrogens is 386 g/mol. The molecule has 0 bridgehead atoms. The highest BCUT2D eigenvalue weighted by Gasteiger charge is 2.15. The summed E-state index contributed by atoms with van der Waals surface area (Å²) in [7, 11) is -3.30. The zero-order valence-electron chi connectivity index (χ0n) is 13.0. The van der Waals surface area contributed by atoms with Crippen molar-refractivity contribution in [1.82, 2.24) is 0 Å². The van der Waals surface area contributed by atoms with Gasteiger partial charge in [-0.1, -0.05) is 46.3 Å².